The van der Waals surface area contributed by atoms with Crippen LogP contribution in [0.3, 0.4) is 0 Å². The molecule has 2 heterocycles. The first-order valence-electron chi connectivity index (χ1n) is 20.5. The van der Waals surface area contributed by atoms with Crippen LogP contribution in [0.2, 0.25) is 0 Å². The van der Waals surface area contributed by atoms with Crippen LogP contribution in [0.25, 0.3) is 122 Å². The van der Waals surface area contributed by atoms with Gasteiger partial charge in [-0.05, 0) is 91.0 Å². The van der Waals surface area contributed by atoms with Crippen molar-refractivity contribution in [2.24, 2.45) is 0 Å². The van der Waals surface area contributed by atoms with Gasteiger partial charge in [0.25, 0.3) is 0 Å². The van der Waals surface area contributed by atoms with Crippen LogP contribution in [0.5, 0.6) is 0 Å². The Morgan fingerprint density at radius 3 is 1.52 bits per heavy atom. The number of fused-ring (bicyclic) bond motifs is 8. The molecule has 10 aromatic carbocycles. The minimum atomic E-state index is 0.603. The van der Waals surface area contributed by atoms with E-state index >= 15 is 0 Å². The van der Waals surface area contributed by atoms with E-state index in [1.165, 1.54) is 11.1 Å². The molecule has 5 heteroatoms. The van der Waals surface area contributed by atoms with E-state index in [0.717, 1.165) is 87.6 Å². The highest BCUT2D eigenvalue weighted by Gasteiger charge is 2.19. The minimum Gasteiger partial charge on any atom is -0.435 e. The van der Waals surface area contributed by atoms with Gasteiger partial charge in [-0.25, -0.2) is 19.9 Å². The third-order valence-corrected chi connectivity index (χ3v) is 11.7. The predicted molar refractivity (Wildman–Crippen MR) is 250 cm³/mol. The molecule has 0 aliphatic carbocycles. The van der Waals surface area contributed by atoms with E-state index < -0.39 is 0 Å². The number of hydrogen-bond donors (Lipinski definition) is 0. The Labute approximate surface area is 351 Å². The summed E-state index contributed by atoms with van der Waals surface area (Å²) in [6.45, 7) is 0. The lowest BCUT2D eigenvalue weighted by Gasteiger charge is -2.13. The Morgan fingerprint density at radius 2 is 0.803 bits per heavy atom. The fourth-order valence-corrected chi connectivity index (χ4v) is 8.69. The summed E-state index contributed by atoms with van der Waals surface area (Å²) in [5, 5.41) is 8.73. The van der Waals surface area contributed by atoms with Crippen molar-refractivity contribution in [2.75, 3.05) is 0 Å². The lowest BCUT2D eigenvalue weighted by Crippen LogP contribution is -2.01. The highest BCUT2D eigenvalue weighted by Crippen LogP contribution is 2.41. The molecular formula is C56H34N4O. The van der Waals surface area contributed by atoms with Gasteiger partial charge in [-0.2, -0.15) is 0 Å². The van der Waals surface area contributed by atoms with Gasteiger partial charge in [-0.3, -0.25) is 0 Å². The van der Waals surface area contributed by atoms with Gasteiger partial charge in [0, 0.05) is 33.0 Å². The first kappa shape index (κ1) is 34.7. The molecule has 0 bridgehead atoms. The number of rotatable bonds is 6. The van der Waals surface area contributed by atoms with Gasteiger partial charge in [-0.15, -0.1) is 0 Å². The van der Waals surface area contributed by atoms with E-state index in [-0.39, 0.29) is 0 Å². The molecule has 0 saturated heterocycles. The molecule has 0 radical (unpaired) electrons. The van der Waals surface area contributed by atoms with Crippen molar-refractivity contribution in [1.82, 2.24) is 19.9 Å². The van der Waals surface area contributed by atoms with Crippen LogP contribution in [-0.2, 0) is 0 Å². The third kappa shape index (κ3) is 6.10. The zero-order valence-corrected chi connectivity index (χ0v) is 32.8. The molecule has 0 aliphatic rings. The van der Waals surface area contributed by atoms with Gasteiger partial charge < -0.3 is 4.42 Å². The van der Waals surface area contributed by atoms with E-state index in [4.69, 9.17) is 24.4 Å². The largest absolute Gasteiger partial charge is 0.435 e. The molecule has 61 heavy (non-hydrogen) atoms. The molecule has 12 rings (SSSR count). The SMILES string of the molecule is c1ccc(-c2cccc(-c3nc(-c4ccc5cc(-c6ccccc6)ccc5c4)nc(-c4cccc5c4ccc4ccc6ccc7nc(-c8ccccc8)oc7c6c45)n3)c2)cc1. The van der Waals surface area contributed by atoms with Gasteiger partial charge in [0.1, 0.15) is 5.52 Å². The Hall–Kier alpha value is -8.28. The Kier molecular flexibility index (Phi) is 8.10. The summed E-state index contributed by atoms with van der Waals surface area (Å²) in [6, 6.07) is 71.8. The Balaban J connectivity index is 1.06. The van der Waals surface area contributed by atoms with Gasteiger partial charge in [0.15, 0.2) is 23.1 Å². The normalized spacial score (nSPS) is 11.6. The van der Waals surface area contributed by atoms with E-state index in [1.54, 1.807) is 0 Å². The van der Waals surface area contributed by atoms with E-state index in [9.17, 15) is 0 Å². The Morgan fingerprint density at radius 1 is 0.295 bits per heavy atom. The molecule has 0 spiro atoms. The predicted octanol–water partition coefficient (Wildman–Crippen LogP) is 14.6. The molecule has 5 nitrogen and oxygen atoms in total. The average Bonchev–Trinajstić information content (AvgIpc) is 3.79. The summed E-state index contributed by atoms with van der Waals surface area (Å²) < 4.78 is 6.63. The summed E-state index contributed by atoms with van der Waals surface area (Å²) in [5.41, 5.74) is 9.89. The number of oxazole rings is 1. The second kappa shape index (κ2) is 14.2. The molecule has 0 aliphatic heterocycles. The first-order valence-corrected chi connectivity index (χ1v) is 20.5. The monoisotopic (exact) mass is 778 g/mol. The highest BCUT2D eigenvalue weighted by molar-refractivity contribution is 6.27. The van der Waals surface area contributed by atoms with E-state index in [0.29, 0.717) is 23.4 Å². The molecule has 0 saturated carbocycles. The quantitative estimate of drug-likeness (QED) is 0.157. The summed E-state index contributed by atoms with van der Waals surface area (Å²) in [5.74, 6) is 2.43. The van der Waals surface area contributed by atoms with Crippen molar-refractivity contribution >= 4 is 54.2 Å². The topological polar surface area (TPSA) is 64.7 Å². The third-order valence-electron chi connectivity index (χ3n) is 11.7. The number of hydrogen-bond acceptors (Lipinski definition) is 5. The lowest BCUT2D eigenvalue weighted by atomic mass is 9.93. The van der Waals surface area contributed by atoms with Crippen LogP contribution in [-0.4, -0.2) is 19.9 Å². The second-order valence-corrected chi connectivity index (χ2v) is 15.4. The molecule has 0 fully saturated rings. The maximum Gasteiger partial charge on any atom is 0.227 e. The standard InChI is InChI=1S/C56H34N4O/c1-4-12-35(13-5-1)40-18-10-19-44(33-40)53-58-54(45-27-26-42-32-41(24-25-43(42)34-45)36-14-6-2-7-15-36)60-55(59-53)48-21-11-20-47-46(48)30-28-37-22-23-38-29-31-49-52(51(38)50(37)47)61-56(57-49)39-16-8-3-9-17-39/h1-34H. The van der Waals surface area contributed by atoms with Crippen molar-refractivity contribution in [3.8, 4) is 67.9 Å². The van der Waals surface area contributed by atoms with E-state index in [1.807, 2.05) is 48.5 Å². The molecule has 2 aromatic heterocycles. The molecule has 0 unspecified atom stereocenters. The van der Waals surface area contributed by atoms with Crippen molar-refractivity contribution < 1.29 is 4.42 Å². The van der Waals surface area contributed by atoms with Crippen LogP contribution in [0, 0.1) is 0 Å². The summed E-state index contributed by atoms with van der Waals surface area (Å²) >= 11 is 0. The fourth-order valence-electron chi connectivity index (χ4n) is 8.69. The highest BCUT2D eigenvalue weighted by atomic mass is 16.3. The van der Waals surface area contributed by atoms with Crippen LogP contribution in [0.4, 0.5) is 0 Å². The maximum atomic E-state index is 6.63. The molecule has 0 atom stereocenters. The fraction of sp³-hybridized carbons (Fsp3) is 0. The number of nitrogens with zero attached hydrogens (tertiary/aromatic N) is 4. The molecule has 0 amide bonds. The molecular weight excluding hydrogens is 745 g/mol. The summed E-state index contributed by atoms with van der Waals surface area (Å²) in [4.78, 5) is 20.7. The first-order chi connectivity index (χ1) is 30.2. The van der Waals surface area contributed by atoms with Crippen LogP contribution < -0.4 is 0 Å². The van der Waals surface area contributed by atoms with Crippen molar-refractivity contribution in [3.05, 3.63) is 206 Å². The summed E-state index contributed by atoms with van der Waals surface area (Å²) in [6.07, 6.45) is 0. The molecule has 284 valence electrons. The van der Waals surface area contributed by atoms with E-state index in [2.05, 4.69) is 158 Å². The van der Waals surface area contributed by atoms with Crippen molar-refractivity contribution in [3.63, 3.8) is 0 Å². The second-order valence-electron chi connectivity index (χ2n) is 15.4. The van der Waals surface area contributed by atoms with Gasteiger partial charge in [0.2, 0.25) is 5.89 Å². The number of benzene rings is 10. The van der Waals surface area contributed by atoms with Gasteiger partial charge >= 0.3 is 0 Å². The van der Waals surface area contributed by atoms with Crippen molar-refractivity contribution in [1.29, 1.82) is 0 Å². The Bertz CT molecular complexity index is 3640. The van der Waals surface area contributed by atoms with Crippen LogP contribution >= 0.6 is 0 Å². The van der Waals surface area contributed by atoms with Crippen LogP contribution in [0.1, 0.15) is 0 Å². The lowest BCUT2D eigenvalue weighted by molar-refractivity contribution is 0.623. The maximum absolute atomic E-state index is 6.63. The van der Waals surface area contributed by atoms with Crippen molar-refractivity contribution in [2.45, 2.75) is 0 Å². The van der Waals surface area contributed by atoms with Crippen LogP contribution in [0.15, 0.2) is 211 Å². The van der Waals surface area contributed by atoms with Gasteiger partial charge in [0.05, 0.1) is 0 Å². The molecule has 0 N–H and O–H groups in total. The zero-order valence-electron chi connectivity index (χ0n) is 32.8. The number of aromatic nitrogens is 4. The van der Waals surface area contributed by atoms with Gasteiger partial charge in [-0.1, -0.05) is 170 Å². The molecule has 12 aromatic rings. The zero-order chi connectivity index (χ0) is 40.3. The smallest absolute Gasteiger partial charge is 0.227 e. The average molecular weight is 779 g/mol. The minimum absolute atomic E-state index is 0.603. The summed E-state index contributed by atoms with van der Waals surface area (Å²) in [7, 11) is 0.